The summed E-state index contributed by atoms with van der Waals surface area (Å²) in [6, 6.07) is 6.69. The molecule has 0 saturated heterocycles. The number of esters is 1. The number of carbonyl (C=O) groups is 1. The molecule has 0 aliphatic heterocycles. The molecule has 0 radical (unpaired) electrons. The highest BCUT2D eigenvalue weighted by molar-refractivity contribution is 6.01. The highest BCUT2D eigenvalue weighted by Gasteiger charge is 2.33. The molecule has 0 N–H and O–H groups in total. The van der Waals surface area contributed by atoms with Crippen molar-refractivity contribution in [2.24, 2.45) is 7.05 Å². The number of hydrogen-bond donors (Lipinski definition) is 0. The molecule has 3 aromatic rings. The molecule has 0 amide bonds. The molecule has 0 aliphatic carbocycles. The molecule has 10 heteroatoms. The molecule has 3 rings (SSSR count). The molecule has 0 atom stereocenters. The van der Waals surface area contributed by atoms with Crippen molar-refractivity contribution in [2.75, 3.05) is 13.2 Å². The summed E-state index contributed by atoms with van der Waals surface area (Å²) < 4.78 is 64.4. The van der Waals surface area contributed by atoms with Crippen LogP contribution in [0.3, 0.4) is 0 Å². The van der Waals surface area contributed by atoms with E-state index in [-0.39, 0.29) is 23.2 Å². The van der Waals surface area contributed by atoms with Gasteiger partial charge in [-0.25, -0.2) is 9.18 Å². The minimum atomic E-state index is -4.69. The first-order valence-corrected chi connectivity index (χ1v) is 9.49. The number of alkyl halides is 3. The summed E-state index contributed by atoms with van der Waals surface area (Å²) in [5.74, 6) is -1.92. The Labute approximate surface area is 174 Å². The molecule has 0 unspecified atom stereocenters. The van der Waals surface area contributed by atoms with E-state index in [2.05, 4.69) is 0 Å². The van der Waals surface area contributed by atoms with E-state index < -0.39 is 35.9 Å². The van der Waals surface area contributed by atoms with Crippen LogP contribution in [0.5, 0.6) is 5.75 Å². The van der Waals surface area contributed by atoms with Gasteiger partial charge in [-0.15, -0.1) is 0 Å². The van der Waals surface area contributed by atoms with E-state index in [9.17, 15) is 27.2 Å². The second-order valence-corrected chi connectivity index (χ2v) is 6.73. The first kappa shape index (κ1) is 22.4. The van der Waals surface area contributed by atoms with Gasteiger partial charge in [-0.1, -0.05) is 6.92 Å². The van der Waals surface area contributed by atoms with Crippen molar-refractivity contribution >= 4 is 16.9 Å². The third-order valence-electron chi connectivity index (χ3n) is 4.70. The Kier molecular flexibility index (Phi) is 6.10. The fourth-order valence-electron chi connectivity index (χ4n) is 3.37. The average Bonchev–Trinajstić information content (AvgIpc) is 2.99. The SMILES string of the molecule is CCOC(=O)c1c(OCC(F)(F)F)c2c(=O)n(-c3ccc(F)cc3)c(CC)cc2n1C. The molecule has 0 bridgehead atoms. The number of aryl methyl sites for hydroxylation is 2. The average molecular weight is 440 g/mol. The molecular weight excluding hydrogens is 420 g/mol. The van der Waals surface area contributed by atoms with Crippen LogP contribution in [0.4, 0.5) is 17.6 Å². The summed E-state index contributed by atoms with van der Waals surface area (Å²) in [5, 5.41) is -0.198. The Hall–Kier alpha value is -3.30. The Balaban J connectivity index is 2.37. The maximum absolute atomic E-state index is 13.4. The second kappa shape index (κ2) is 8.44. The van der Waals surface area contributed by atoms with Crippen LogP contribution in [-0.2, 0) is 18.2 Å². The lowest BCUT2D eigenvalue weighted by atomic mass is 10.2. The lowest BCUT2D eigenvalue weighted by molar-refractivity contribution is -0.153. The van der Waals surface area contributed by atoms with E-state index in [0.717, 1.165) is 0 Å². The predicted octanol–water partition coefficient (Wildman–Crippen LogP) is 4.15. The van der Waals surface area contributed by atoms with Crippen molar-refractivity contribution in [1.82, 2.24) is 9.13 Å². The summed E-state index contributed by atoms with van der Waals surface area (Å²) in [6.07, 6.45) is -4.30. The van der Waals surface area contributed by atoms with Crippen LogP contribution in [0.1, 0.15) is 30.0 Å². The summed E-state index contributed by atoms with van der Waals surface area (Å²) in [5.41, 5.74) is 0.0813. The minimum Gasteiger partial charge on any atom is -0.481 e. The maximum atomic E-state index is 13.4. The van der Waals surface area contributed by atoms with E-state index in [1.54, 1.807) is 19.9 Å². The highest BCUT2D eigenvalue weighted by Crippen LogP contribution is 2.33. The Morgan fingerprint density at radius 3 is 2.32 bits per heavy atom. The third kappa shape index (κ3) is 4.28. The van der Waals surface area contributed by atoms with Crippen LogP contribution < -0.4 is 10.3 Å². The summed E-state index contributed by atoms with van der Waals surface area (Å²) in [4.78, 5) is 25.9. The van der Waals surface area contributed by atoms with Gasteiger partial charge in [0.1, 0.15) is 11.2 Å². The summed E-state index contributed by atoms with van der Waals surface area (Å²) in [6.45, 7) is 1.63. The number of halogens is 4. The zero-order valence-corrected chi connectivity index (χ0v) is 17.0. The van der Waals surface area contributed by atoms with Crippen molar-refractivity contribution in [3.63, 3.8) is 0 Å². The second-order valence-electron chi connectivity index (χ2n) is 6.73. The quantitative estimate of drug-likeness (QED) is 0.427. The van der Waals surface area contributed by atoms with E-state index in [1.165, 1.54) is 40.4 Å². The van der Waals surface area contributed by atoms with Gasteiger partial charge in [0.15, 0.2) is 18.1 Å². The summed E-state index contributed by atoms with van der Waals surface area (Å²) >= 11 is 0. The molecule has 0 aliphatic rings. The number of fused-ring (bicyclic) bond motifs is 1. The van der Waals surface area contributed by atoms with Crippen LogP contribution in [0.25, 0.3) is 16.6 Å². The molecule has 0 saturated carbocycles. The van der Waals surface area contributed by atoms with Gasteiger partial charge in [0.25, 0.3) is 5.56 Å². The topological polar surface area (TPSA) is 62.5 Å². The Morgan fingerprint density at radius 2 is 1.77 bits per heavy atom. The Morgan fingerprint density at radius 1 is 1.13 bits per heavy atom. The van der Waals surface area contributed by atoms with Gasteiger partial charge in [-0.05, 0) is 43.7 Å². The van der Waals surface area contributed by atoms with Crippen LogP contribution in [0, 0.1) is 5.82 Å². The van der Waals surface area contributed by atoms with Crippen molar-refractivity contribution in [2.45, 2.75) is 26.4 Å². The van der Waals surface area contributed by atoms with Crippen molar-refractivity contribution < 1.29 is 31.8 Å². The summed E-state index contributed by atoms with van der Waals surface area (Å²) in [7, 11) is 1.44. The standard InChI is InChI=1S/C21H20F4N2O4/c1-4-13-10-15-16(19(28)27(13)14-8-6-12(22)7-9-14)18(31-11-21(23,24)25)17(26(15)3)20(29)30-5-2/h6-10H,4-5,11H2,1-3H3. The van der Waals surface area contributed by atoms with Crippen molar-refractivity contribution in [3.05, 3.63) is 57.9 Å². The van der Waals surface area contributed by atoms with Gasteiger partial charge in [-0.2, -0.15) is 13.2 Å². The number of benzene rings is 1. The zero-order valence-electron chi connectivity index (χ0n) is 17.0. The first-order valence-electron chi connectivity index (χ1n) is 9.49. The molecule has 2 heterocycles. The van der Waals surface area contributed by atoms with E-state index in [1.807, 2.05) is 0 Å². The number of pyridine rings is 1. The van der Waals surface area contributed by atoms with Gasteiger partial charge >= 0.3 is 12.1 Å². The first-order chi connectivity index (χ1) is 14.6. The molecule has 0 fully saturated rings. The van der Waals surface area contributed by atoms with Gasteiger partial charge in [-0.3, -0.25) is 9.36 Å². The largest absolute Gasteiger partial charge is 0.481 e. The van der Waals surface area contributed by atoms with E-state index in [0.29, 0.717) is 17.8 Å². The monoisotopic (exact) mass is 440 g/mol. The number of nitrogens with zero attached hydrogens (tertiary/aromatic N) is 2. The molecule has 31 heavy (non-hydrogen) atoms. The number of carbonyl (C=O) groups excluding carboxylic acids is 1. The number of ether oxygens (including phenoxy) is 2. The number of rotatable bonds is 6. The molecule has 2 aromatic heterocycles. The van der Waals surface area contributed by atoms with Crippen LogP contribution >= 0.6 is 0 Å². The number of hydrogen-bond acceptors (Lipinski definition) is 4. The van der Waals surface area contributed by atoms with E-state index >= 15 is 0 Å². The smallest absolute Gasteiger partial charge is 0.422 e. The molecule has 1 aromatic carbocycles. The number of aromatic nitrogens is 2. The van der Waals surface area contributed by atoms with Gasteiger partial charge in [0, 0.05) is 18.4 Å². The lowest BCUT2D eigenvalue weighted by Crippen LogP contribution is -2.24. The third-order valence-corrected chi connectivity index (χ3v) is 4.70. The predicted molar refractivity (Wildman–Crippen MR) is 105 cm³/mol. The van der Waals surface area contributed by atoms with Gasteiger partial charge < -0.3 is 14.0 Å². The maximum Gasteiger partial charge on any atom is 0.422 e. The Bertz CT molecular complexity index is 1180. The van der Waals surface area contributed by atoms with Crippen LogP contribution in [0.15, 0.2) is 35.1 Å². The van der Waals surface area contributed by atoms with Crippen molar-refractivity contribution in [1.29, 1.82) is 0 Å². The lowest BCUT2D eigenvalue weighted by Gasteiger charge is -2.13. The van der Waals surface area contributed by atoms with Crippen LogP contribution in [0.2, 0.25) is 0 Å². The molecule has 166 valence electrons. The van der Waals surface area contributed by atoms with Gasteiger partial charge in [0.2, 0.25) is 0 Å². The van der Waals surface area contributed by atoms with E-state index in [4.69, 9.17) is 9.47 Å². The zero-order chi connectivity index (χ0) is 22.9. The van der Waals surface area contributed by atoms with Crippen LogP contribution in [-0.4, -0.2) is 34.5 Å². The fourth-order valence-corrected chi connectivity index (χ4v) is 3.37. The normalized spacial score (nSPS) is 11.7. The minimum absolute atomic E-state index is 0.0148. The highest BCUT2D eigenvalue weighted by atomic mass is 19.4. The molecular formula is C21H20F4N2O4. The molecule has 0 spiro atoms. The van der Waals surface area contributed by atoms with Gasteiger partial charge in [0.05, 0.1) is 12.1 Å². The fraction of sp³-hybridized carbons (Fsp3) is 0.333. The van der Waals surface area contributed by atoms with Crippen molar-refractivity contribution in [3.8, 4) is 11.4 Å². The molecule has 6 nitrogen and oxygen atoms in total.